The molecule has 1 heterocycles. The van der Waals surface area contributed by atoms with Gasteiger partial charge in [0.15, 0.2) is 10.6 Å². The second-order valence-corrected chi connectivity index (χ2v) is 3.63. The van der Waals surface area contributed by atoms with Gasteiger partial charge in [-0.25, -0.2) is 0 Å². The molecule has 0 N–H and O–H groups in total. The Hall–Kier alpha value is -1.23. The molecule has 5 heteroatoms. The van der Waals surface area contributed by atoms with Crippen LogP contribution in [0.25, 0.3) is 0 Å². The van der Waals surface area contributed by atoms with Crippen molar-refractivity contribution in [3.8, 4) is 0 Å². The van der Waals surface area contributed by atoms with E-state index in [4.69, 9.17) is 4.74 Å². The molecular formula is C10H10BrNO3. The summed E-state index contributed by atoms with van der Waals surface area (Å²) in [7, 11) is 0. The summed E-state index contributed by atoms with van der Waals surface area (Å²) in [4.78, 5) is 25.8. The van der Waals surface area contributed by atoms with Gasteiger partial charge in [0.2, 0.25) is 0 Å². The number of hydrogen-bond acceptors (Lipinski definition) is 4. The number of nitrogens with zero attached hydrogens (tertiary/aromatic N) is 1. The molecule has 0 aromatic carbocycles. The van der Waals surface area contributed by atoms with Gasteiger partial charge in [-0.3, -0.25) is 14.6 Å². The number of halogens is 1. The number of rotatable bonds is 4. The molecule has 0 aliphatic rings. The van der Waals surface area contributed by atoms with Crippen molar-refractivity contribution in [2.24, 2.45) is 0 Å². The van der Waals surface area contributed by atoms with E-state index in [1.807, 2.05) is 0 Å². The maximum absolute atomic E-state index is 11.7. The van der Waals surface area contributed by atoms with E-state index in [1.165, 1.54) is 12.4 Å². The van der Waals surface area contributed by atoms with Crippen LogP contribution in [-0.4, -0.2) is 28.2 Å². The lowest BCUT2D eigenvalue weighted by atomic mass is 10.1. The highest BCUT2D eigenvalue weighted by molar-refractivity contribution is 9.10. The van der Waals surface area contributed by atoms with Crippen molar-refractivity contribution in [2.45, 2.75) is 11.8 Å². The SMILES string of the molecule is CCOC(=O)C(Br)C(=O)c1ccncc1. The Morgan fingerprint density at radius 2 is 2.07 bits per heavy atom. The molecule has 1 rings (SSSR count). The third-order valence-corrected chi connectivity index (χ3v) is 2.48. The van der Waals surface area contributed by atoms with Gasteiger partial charge in [-0.15, -0.1) is 0 Å². The van der Waals surface area contributed by atoms with E-state index in [9.17, 15) is 9.59 Å². The van der Waals surface area contributed by atoms with E-state index in [0.29, 0.717) is 5.56 Å². The zero-order valence-electron chi connectivity index (χ0n) is 8.14. The second kappa shape index (κ2) is 5.60. The van der Waals surface area contributed by atoms with E-state index in [0.717, 1.165) is 0 Å². The van der Waals surface area contributed by atoms with Gasteiger partial charge in [0.05, 0.1) is 6.61 Å². The average Bonchev–Trinajstić information content (AvgIpc) is 2.28. The van der Waals surface area contributed by atoms with Crippen LogP contribution in [-0.2, 0) is 9.53 Å². The number of carbonyl (C=O) groups excluding carboxylic acids is 2. The lowest BCUT2D eigenvalue weighted by Crippen LogP contribution is -2.26. The molecule has 0 saturated carbocycles. The first-order valence-electron chi connectivity index (χ1n) is 4.41. The van der Waals surface area contributed by atoms with Crippen molar-refractivity contribution in [1.29, 1.82) is 0 Å². The van der Waals surface area contributed by atoms with Gasteiger partial charge in [-0.2, -0.15) is 0 Å². The smallest absolute Gasteiger partial charge is 0.327 e. The highest BCUT2D eigenvalue weighted by Crippen LogP contribution is 2.11. The van der Waals surface area contributed by atoms with Crippen LogP contribution in [0, 0.1) is 0 Å². The minimum absolute atomic E-state index is 0.255. The van der Waals surface area contributed by atoms with Crippen molar-refractivity contribution in [2.75, 3.05) is 6.61 Å². The Balaban J connectivity index is 2.73. The first-order chi connectivity index (χ1) is 7.16. The maximum atomic E-state index is 11.7. The number of pyridine rings is 1. The Morgan fingerprint density at radius 1 is 1.47 bits per heavy atom. The Morgan fingerprint density at radius 3 is 2.60 bits per heavy atom. The van der Waals surface area contributed by atoms with Gasteiger partial charge in [0.1, 0.15) is 0 Å². The van der Waals surface area contributed by atoms with Crippen molar-refractivity contribution < 1.29 is 14.3 Å². The number of esters is 1. The lowest BCUT2D eigenvalue weighted by molar-refractivity contribution is -0.141. The third kappa shape index (κ3) is 3.13. The molecule has 1 aromatic heterocycles. The van der Waals surface area contributed by atoms with Crippen LogP contribution in [0.4, 0.5) is 0 Å². The summed E-state index contributed by atoms with van der Waals surface area (Å²) in [5.41, 5.74) is 0.430. The van der Waals surface area contributed by atoms with Crippen LogP contribution in [0.15, 0.2) is 24.5 Å². The van der Waals surface area contributed by atoms with Crippen molar-refractivity contribution in [3.05, 3.63) is 30.1 Å². The van der Waals surface area contributed by atoms with Gasteiger partial charge in [-0.05, 0) is 19.1 Å². The number of ether oxygens (including phenoxy) is 1. The predicted molar refractivity (Wildman–Crippen MR) is 57.9 cm³/mol. The molecule has 15 heavy (non-hydrogen) atoms. The monoisotopic (exact) mass is 271 g/mol. The first-order valence-corrected chi connectivity index (χ1v) is 5.33. The first kappa shape index (κ1) is 11.8. The zero-order valence-corrected chi connectivity index (χ0v) is 9.73. The molecule has 0 bridgehead atoms. The van der Waals surface area contributed by atoms with Crippen molar-refractivity contribution in [3.63, 3.8) is 0 Å². The van der Waals surface area contributed by atoms with Gasteiger partial charge in [0, 0.05) is 18.0 Å². The van der Waals surface area contributed by atoms with Gasteiger partial charge in [0.25, 0.3) is 0 Å². The molecule has 1 unspecified atom stereocenters. The van der Waals surface area contributed by atoms with Crippen LogP contribution in [0.3, 0.4) is 0 Å². The fourth-order valence-corrected chi connectivity index (χ4v) is 1.38. The summed E-state index contributed by atoms with van der Waals surface area (Å²) in [6.07, 6.45) is 3.00. The molecule has 0 radical (unpaired) electrons. The fraction of sp³-hybridized carbons (Fsp3) is 0.300. The second-order valence-electron chi connectivity index (χ2n) is 2.71. The average molecular weight is 272 g/mol. The summed E-state index contributed by atoms with van der Waals surface area (Å²) in [5, 5.41) is 0. The van der Waals surface area contributed by atoms with E-state index in [1.54, 1.807) is 19.1 Å². The number of carbonyl (C=O) groups is 2. The standard InChI is InChI=1S/C10H10BrNO3/c1-2-15-10(14)8(11)9(13)7-3-5-12-6-4-7/h3-6,8H,2H2,1H3. The molecule has 80 valence electrons. The molecule has 4 nitrogen and oxygen atoms in total. The molecule has 0 spiro atoms. The molecule has 0 amide bonds. The fourth-order valence-electron chi connectivity index (χ4n) is 0.985. The molecular weight excluding hydrogens is 262 g/mol. The number of alkyl halides is 1. The molecule has 0 saturated heterocycles. The largest absolute Gasteiger partial charge is 0.465 e. The Kier molecular flexibility index (Phi) is 4.42. The topological polar surface area (TPSA) is 56.3 Å². The highest BCUT2D eigenvalue weighted by Gasteiger charge is 2.25. The minimum atomic E-state index is -0.945. The molecule has 1 atom stereocenters. The van der Waals surface area contributed by atoms with Crippen LogP contribution in [0.5, 0.6) is 0 Å². The number of hydrogen-bond donors (Lipinski definition) is 0. The Bertz CT molecular complexity index is 353. The van der Waals surface area contributed by atoms with Crippen LogP contribution >= 0.6 is 15.9 Å². The summed E-state index contributed by atoms with van der Waals surface area (Å²) < 4.78 is 4.72. The van der Waals surface area contributed by atoms with Crippen molar-refractivity contribution >= 4 is 27.7 Å². The Labute approximate surface area is 95.8 Å². The minimum Gasteiger partial charge on any atom is -0.465 e. The van der Waals surface area contributed by atoms with E-state index in [-0.39, 0.29) is 12.4 Å². The van der Waals surface area contributed by atoms with Gasteiger partial charge >= 0.3 is 5.97 Å². The van der Waals surface area contributed by atoms with Crippen molar-refractivity contribution in [1.82, 2.24) is 4.98 Å². The summed E-state index contributed by atoms with van der Waals surface area (Å²) in [5.74, 6) is -0.893. The van der Waals surface area contributed by atoms with Gasteiger partial charge in [-0.1, -0.05) is 15.9 Å². The molecule has 1 aromatic rings. The highest BCUT2D eigenvalue weighted by atomic mass is 79.9. The summed E-state index contributed by atoms with van der Waals surface area (Å²) in [6.45, 7) is 1.94. The third-order valence-electron chi connectivity index (χ3n) is 1.69. The summed E-state index contributed by atoms with van der Waals surface area (Å²) >= 11 is 3.00. The molecule has 0 fully saturated rings. The van der Waals surface area contributed by atoms with E-state index < -0.39 is 10.8 Å². The van der Waals surface area contributed by atoms with E-state index in [2.05, 4.69) is 20.9 Å². The number of aromatic nitrogens is 1. The molecule has 0 aliphatic carbocycles. The number of ketones is 1. The van der Waals surface area contributed by atoms with Crippen LogP contribution in [0.2, 0.25) is 0 Å². The van der Waals surface area contributed by atoms with Gasteiger partial charge < -0.3 is 4.74 Å². The maximum Gasteiger partial charge on any atom is 0.327 e. The molecule has 0 aliphatic heterocycles. The quantitative estimate of drug-likeness (QED) is 0.361. The predicted octanol–water partition coefficient (Wildman–Crippen LogP) is 1.59. The zero-order chi connectivity index (χ0) is 11.3. The number of Topliss-reactive ketones (excluding diaryl/α,β-unsaturated/α-hetero) is 1. The van der Waals surface area contributed by atoms with Crippen LogP contribution in [0.1, 0.15) is 17.3 Å². The van der Waals surface area contributed by atoms with E-state index >= 15 is 0 Å². The lowest BCUT2D eigenvalue weighted by Gasteiger charge is -2.07. The van der Waals surface area contributed by atoms with Crippen LogP contribution < -0.4 is 0 Å². The normalized spacial score (nSPS) is 11.9. The summed E-state index contributed by atoms with van der Waals surface area (Å²) in [6, 6.07) is 3.10.